The van der Waals surface area contributed by atoms with Crippen molar-refractivity contribution in [3.8, 4) is 0 Å². The molecule has 0 rings (SSSR count). The van der Waals surface area contributed by atoms with E-state index in [0.717, 1.165) is 0 Å². The fourth-order valence-corrected chi connectivity index (χ4v) is 2.46. The van der Waals surface area contributed by atoms with Crippen LogP contribution in [0, 0.1) is 5.92 Å². The molecule has 0 bridgehead atoms. The number of carbonyl (C=O) groups excluding carboxylic acids is 5. The lowest BCUT2D eigenvalue weighted by Crippen LogP contribution is -2.34. The van der Waals surface area contributed by atoms with Crippen molar-refractivity contribution in [3.05, 3.63) is 0 Å². The summed E-state index contributed by atoms with van der Waals surface area (Å²) in [4.78, 5) is 57.2. The Hall–Kier alpha value is -2.33. The third-order valence-corrected chi connectivity index (χ3v) is 4.17. The molecule has 3 amide bonds. The number of hydrogen-bond acceptors (Lipinski definition) is 7. The molecule has 0 spiro atoms. The molecule has 0 heterocycles. The molecule has 178 valence electrons. The third kappa shape index (κ3) is 18.2. The molecule has 0 fully saturated rings. The minimum absolute atomic E-state index is 0.00560. The van der Waals surface area contributed by atoms with Crippen LogP contribution in [0.25, 0.3) is 0 Å². The van der Waals surface area contributed by atoms with E-state index in [4.69, 9.17) is 9.47 Å². The maximum Gasteiger partial charge on any atom is 0.223 e. The van der Waals surface area contributed by atoms with E-state index in [9.17, 15) is 24.0 Å². The van der Waals surface area contributed by atoms with Gasteiger partial charge in [0.2, 0.25) is 17.7 Å². The number of ketones is 2. The van der Waals surface area contributed by atoms with E-state index in [1.807, 2.05) is 0 Å². The summed E-state index contributed by atoms with van der Waals surface area (Å²) in [6, 6.07) is 0. The second kappa shape index (κ2) is 18.4. The first-order valence-electron chi connectivity index (χ1n) is 10.7. The lowest BCUT2D eigenvalue weighted by molar-refractivity contribution is -0.128. The fraction of sp³-hybridized carbons (Fsp3) is 0.762. The van der Waals surface area contributed by atoms with Crippen molar-refractivity contribution in [1.29, 1.82) is 0 Å². The van der Waals surface area contributed by atoms with Gasteiger partial charge in [-0.3, -0.25) is 19.2 Å². The van der Waals surface area contributed by atoms with Crippen molar-refractivity contribution in [3.63, 3.8) is 0 Å². The maximum atomic E-state index is 11.7. The van der Waals surface area contributed by atoms with Crippen LogP contribution in [-0.2, 0) is 33.4 Å². The smallest absolute Gasteiger partial charge is 0.223 e. The van der Waals surface area contributed by atoms with E-state index in [1.165, 1.54) is 6.92 Å². The zero-order valence-corrected chi connectivity index (χ0v) is 18.9. The summed E-state index contributed by atoms with van der Waals surface area (Å²) in [7, 11) is 0. The molecule has 0 aromatic rings. The summed E-state index contributed by atoms with van der Waals surface area (Å²) in [5.74, 6) is -1.00. The largest absolute Gasteiger partial charge is 0.377 e. The van der Waals surface area contributed by atoms with Crippen LogP contribution in [0.1, 0.15) is 52.9 Å². The Balaban J connectivity index is 3.55. The van der Waals surface area contributed by atoms with E-state index < -0.39 is 5.92 Å². The molecule has 0 radical (unpaired) electrons. The molecule has 10 heteroatoms. The zero-order valence-electron chi connectivity index (χ0n) is 18.9. The standard InChI is InChI=1S/C21H37N3O7/c1-4-19(27)23-10-11-30-12-13-31-15-18(26)6-5-8-22-20(28)7-9-24-21(29)16(2)14-17(3)25/h16H,4-15H2,1-3H3,(H,22,28)(H,23,27)(H,24,29). The highest BCUT2D eigenvalue weighted by molar-refractivity contribution is 5.85. The quantitative estimate of drug-likeness (QED) is 0.241. The van der Waals surface area contributed by atoms with Crippen molar-refractivity contribution in [1.82, 2.24) is 16.0 Å². The summed E-state index contributed by atoms with van der Waals surface area (Å²) in [5, 5.41) is 8.01. The van der Waals surface area contributed by atoms with Gasteiger partial charge in [0.15, 0.2) is 5.78 Å². The molecule has 1 unspecified atom stereocenters. The van der Waals surface area contributed by atoms with Crippen molar-refractivity contribution >= 4 is 29.3 Å². The lowest BCUT2D eigenvalue weighted by atomic mass is 10.0. The molecule has 3 N–H and O–H groups in total. The zero-order chi connectivity index (χ0) is 23.5. The Bertz CT molecular complexity index is 581. The summed E-state index contributed by atoms with van der Waals surface area (Å²) < 4.78 is 10.5. The predicted octanol–water partition coefficient (Wildman–Crippen LogP) is 0.133. The lowest BCUT2D eigenvalue weighted by Gasteiger charge is -2.10. The molecule has 0 aliphatic rings. The van der Waals surface area contributed by atoms with Crippen LogP contribution in [0.3, 0.4) is 0 Å². The molecule has 0 aliphatic heterocycles. The second-order valence-electron chi connectivity index (χ2n) is 7.21. The van der Waals surface area contributed by atoms with Crippen LogP contribution in [0.4, 0.5) is 0 Å². The minimum atomic E-state index is -0.408. The molecule has 10 nitrogen and oxygen atoms in total. The van der Waals surface area contributed by atoms with E-state index >= 15 is 0 Å². The highest BCUT2D eigenvalue weighted by Crippen LogP contribution is 2.02. The molecular formula is C21H37N3O7. The van der Waals surface area contributed by atoms with E-state index in [0.29, 0.717) is 52.2 Å². The van der Waals surface area contributed by atoms with Crippen molar-refractivity contribution in [2.45, 2.75) is 52.9 Å². The van der Waals surface area contributed by atoms with Crippen LogP contribution < -0.4 is 16.0 Å². The highest BCUT2D eigenvalue weighted by Gasteiger charge is 2.14. The molecule has 0 aliphatic carbocycles. The van der Waals surface area contributed by atoms with Gasteiger partial charge in [0.25, 0.3) is 0 Å². The molecule has 0 saturated carbocycles. The van der Waals surface area contributed by atoms with Crippen LogP contribution >= 0.6 is 0 Å². The van der Waals surface area contributed by atoms with Crippen LogP contribution in [0.2, 0.25) is 0 Å². The van der Waals surface area contributed by atoms with Crippen molar-refractivity contribution in [2.24, 2.45) is 5.92 Å². The number of Topliss-reactive ketones (excluding diaryl/α,β-unsaturated/α-hetero) is 2. The Kier molecular flexibility index (Phi) is 17.1. The van der Waals surface area contributed by atoms with Crippen molar-refractivity contribution < 1.29 is 33.4 Å². The number of ether oxygens (including phenoxy) is 2. The molecule has 1 atom stereocenters. The van der Waals surface area contributed by atoms with Gasteiger partial charge in [-0.1, -0.05) is 13.8 Å². The van der Waals surface area contributed by atoms with Crippen molar-refractivity contribution in [2.75, 3.05) is 46.1 Å². The number of nitrogens with one attached hydrogen (secondary N) is 3. The first-order chi connectivity index (χ1) is 14.8. The van der Waals surface area contributed by atoms with Crippen LogP contribution in [0.5, 0.6) is 0 Å². The first-order valence-corrected chi connectivity index (χ1v) is 10.7. The van der Waals surface area contributed by atoms with E-state index in [-0.39, 0.29) is 55.3 Å². The highest BCUT2D eigenvalue weighted by atomic mass is 16.5. The molecule has 0 saturated heterocycles. The van der Waals surface area contributed by atoms with E-state index in [2.05, 4.69) is 16.0 Å². The maximum absolute atomic E-state index is 11.7. The molecular weight excluding hydrogens is 406 g/mol. The van der Waals surface area contributed by atoms with Gasteiger partial charge in [-0.15, -0.1) is 0 Å². The molecule has 31 heavy (non-hydrogen) atoms. The van der Waals surface area contributed by atoms with Gasteiger partial charge in [-0.25, -0.2) is 0 Å². The summed E-state index contributed by atoms with van der Waals surface area (Å²) in [6.45, 7) is 6.91. The number of hydrogen-bond donors (Lipinski definition) is 3. The Labute approximate surface area is 184 Å². The van der Waals surface area contributed by atoms with Gasteiger partial charge in [0.1, 0.15) is 12.4 Å². The van der Waals surface area contributed by atoms with Gasteiger partial charge in [-0.2, -0.15) is 0 Å². The normalized spacial score (nSPS) is 11.5. The van der Waals surface area contributed by atoms with Gasteiger partial charge < -0.3 is 30.2 Å². The summed E-state index contributed by atoms with van der Waals surface area (Å²) in [5.41, 5.74) is 0. The number of rotatable bonds is 19. The van der Waals surface area contributed by atoms with Crippen LogP contribution in [0.15, 0.2) is 0 Å². The fourth-order valence-electron chi connectivity index (χ4n) is 2.46. The Morgan fingerprint density at radius 2 is 1.48 bits per heavy atom. The van der Waals surface area contributed by atoms with Gasteiger partial charge in [0.05, 0.1) is 19.8 Å². The molecule has 0 aromatic carbocycles. The average molecular weight is 444 g/mol. The number of amides is 3. The minimum Gasteiger partial charge on any atom is -0.377 e. The summed E-state index contributed by atoms with van der Waals surface area (Å²) in [6.07, 6.45) is 1.56. The third-order valence-electron chi connectivity index (χ3n) is 4.17. The first kappa shape index (κ1) is 28.7. The molecule has 0 aromatic heterocycles. The van der Waals surface area contributed by atoms with E-state index in [1.54, 1.807) is 13.8 Å². The summed E-state index contributed by atoms with van der Waals surface area (Å²) >= 11 is 0. The number of carbonyl (C=O) groups is 5. The Morgan fingerprint density at radius 1 is 0.806 bits per heavy atom. The van der Waals surface area contributed by atoms with Gasteiger partial charge >= 0.3 is 0 Å². The topological polar surface area (TPSA) is 140 Å². The van der Waals surface area contributed by atoms with Gasteiger partial charge in [-0.05, 0) is 13.3 Å². The SMILES string of the molecule is CCC(=O)NCCOCCOCC(=O)CCCNC(=O)CCNC(=O)C(C)CC(C)=O. The monoisotopic (exact) mass is 443 g/mol. The average Bonchev–Trinajstić information content (AvgIpc) is 2.72. The second-order valence-corrected chi connectivity index (χ2v) is 7.21. The Morgan fingerprint density at radius 3 is 2.16 bits per heavy atom. The predicted molar refractivity (Wildman–Crippen MR) is 114 cm³/mol. The van der Waals surface area contributed by atoms with Gasteiger partial charge in [0, 0.05) is 51.2 Å². The van der Waals surface area contributed by atoms with Crippen LogP contribution in [-0.4, -0.2) is 75.3 Å².